The van der Waals surface area contributed by atoms with Gasteiger partial charge in [-0.3, -0.25) is 9.59 Å². The number of nitrogens with zero attached hydrogens (tertiary/aromatic N) is 1. The maximum Gasteiger partial charge on any atom is 0.343 e. The molecule has 7 nitrogen and oxygen atoms in total. The number of nitrogens with one attached hydrogen (secondary N) is 2. The molecular weight excluding hydrogens is 517 g/mol. The lowest BCUT2D eigenvalue weighted by Crippen LogP contribution is -2.33. The highest BCUT2D eigenvalue weighted by Gasteiger charge is 2.16. The third-order valence-corrected chi connectivity index (χ3v) is 5.02. The first-order valence-corrected chi connectivity index (χ1v) is 10.6. The van der Waals surface area contributed by atoms with Crippen LogP contribution in [0.25, 0.3) is 0 Å². The molecule has 0 fully saturated rings. The van der Waals surface area contributed by atoms with E-state index in [1.165, 1.54) is 12.1 Å². The first kappa shape index (κ1) is 24.1. The zero-order valence-corrected chi connectivity index (χ0v) is 19.4. The first-order chi connectivity index (χ1) is 15.7. The molecule has 0 aliphatic carbocycles. The third-order valence-electron chi connectivity index (χ3n) is 4.27. The van der Waals surface area contributed by atoms with Crippen molar-refractivity contribution in [1.29, 1.82) is 0 Å². The summed E-state index contributed by atoms with van der Waals surface area (Å²) in [7, 11) is 0. The Kier molecular flexibility index (Phi) is 7.92. The summed E-state index contributed by atoms with van der Waals surface area (Å²) in [6, 6.07) is 16.7. The normalized spacial score (nSPS) is 11.0. The molecule has 10 heteroatoms. The molecule has 3 aromatic carbocycles. The Hall–Kier alpha value is -3.56. The van der Waals surface area contributed by atoms with Crippen LogP contribution in [0.4, 0.5) is 10.1 Å². The van der Waals surface area contributed by atoms with Crippen molar-refractivity contribution in [3.8, 4) is 5.75 Å². The number of hydrogen-bond donors (Lipinski definition) is 2. The molecule has 0 spiro atoms. The second-order valence-corrected chi connectivity index (χ2v) is 7.99. The maximum atomic E-state index is 13.8. The monoisotopic (exact) mass is 531 g/mol. The summed E-state index contributed by atoms with van der Waals surface area (Å²) in [5.41, 5.74) is 3.33. The number of ether oxygens (including phenoxy) is 1. The van der Waals surface area contributed by atoms with Crippen LogP contribution in [0.5, 0.6) is 5.75 Å². The number of rotatable bonds is 5. The topological polar surface area (TPSA) is 96.9 Å². The molecule has 0 radical (unpaired) electrons. The van der Waals surface area contributed by atoms with Crippen molar-refractivity contribution in [1.82, 2.24) is 5.43 Å². The van der Waals surface area contributed by atoms with E-state index < -0.39 is 23.6 Å². The number of carbonyl (C=O) groups excluding carboxylic acids is 3. The van der Waals surface area contributed by atoms with Gasteiger partial charge in [0.05, 0.1) is 17.0 Å². The Morgan fingerprint density at radius 1 is 0.939 bits per heavy atom. The number of halogens is 3. The lowest BCUT2D eigenvalue weighted by molar-refractivity contribution is -0.136. The summed E-state index contributed by atoms with van der Waals surface area (Å²) in [4.78, 5) is 36.1. The molecule has 0 heterocycles. The van der Waals surface area contributed by atoms with E-state index in [0.29, 0.717) is 32.1 Å². The highest BCUT2D eigenvalue weighted by Crippen LogP contribution is 2.19. The summed E-state index contributed by atoms with van der Waals surface area (Å²) in [5, 5.41) is 6.56. The van der Waals surface area contributed by atoms with Gasteiger partial charge in [0.25, 0.3) is 0 Å². The van der Waals surface area contributed by atoms with Crippen LogP contribution in [-0.4, -0.2) is 23.5 Å². The molecule has 0 saturated carbocycles. The Balaban J connectivity index is 1.57. The number of esters is 1. The Morgan fingerprint density at radius 3 is 2.21 bits per heavy atom. The fraction of sp³-hybridized carbons (Fsp3) is 0.0435. The van der Waals surface area contributed by atoms with Crippen LogP contribution in [0.3, 0.4) is 0 Å². The highest BCUT2D eigenvalue weighted by molar-refractivity contribution is 9.10. The summed E-state index contributed by atoms with van der Waals surface area (Å²) in [6.07, 6.45) is 0. The number of amides is 2. The van der Waals surface area contributed by atoms with Gasteiger partial charge in [0.1, 0.15) is 11.6 Å². The van der Waals surface area contributed by atoms with Gasteiger partial charge < -0.3 is 10.1 Å². The molecular formula is C23H16BrClFN3O4. The van der Waals surface area contributed by atoms with Gasteiger partial charge in [-0.2, -0.15) is 5.10 Å². The van der Waals surface area contributed by atoms with Crippen molar-refractivity contribution in [2.24, 2.45) is 5.10 Å². The maximum absolute atomic E-state index is 13.8. The number of hydrazone groups is 1. The number of anilines is 1. The molecule has 0 atom stereocenters. The SMILES string of the molecule is C/C(=N\NC(=O)C(=O)Nc1ccc(Br)cc1F)c1ccc(OC(=O)c2ccc(Cl)cc2)cc1. The third kappa shape index (κ3) is 6.71. The van der Waals surface area contributed by atoms with E-state index in [2.05, 4.69) is 31.8 Å². The summed E-state index contributed by atoms with van der Waals surface area (Å²) in [5.74, 6) is -3.05. The molecule has 168 valence electrons. The fourth-order valence-corrected chi connectivity index (χ4v) is 3.00. The van der Waals surface area contributed by atoms with E-state index in [1.54, 1.807) is 55.5 Å². The van der Waals surface area contributed by atoms with Gasteiger partial charge in [0, 0.05) is 9.50 Å². The molecule has 0 aliphatic heterocycles. The summed E-state index contributed by atoms with van der Waals surface area (Å²) >= 11 is 8.91. The Morgan fingerprint density at radius 2 is 1.58 bits per heavy atom. The highest BCUT2D eigenvalue weighted by atomic mass is 79.9. The van der Waals surface area contributed by atoms with Crippen molar-refractivity contribution in [2.45, 2.75) is 6.92 Å². The Bertz CT molecular complexity index is 1230. The van der Waals surface area contributed by atoms with E-state index in [0.717, 1.165) is 6.07 Å². The lowest BCUT2D eigenvalue weighted by atomic mass is 10.1. The number of benzene rings is 3. The van der Waals surface area contributed by atoms with Gasteiger partial charge in [-0.25, -0.2) is 14.6 Å². The molecule has 3 aromatic rings. The van der Waals surface area contributed by atoms with Crippen LogP contribution in [0.1, 0.15) is 22.8 Å². The smallest absolute Gasteiger partial charge is 0.343 e. The second-order valence-electron chi connectivity index (χ2n) is 6.64. The molecule has 0 saturated heterocycles. The second kappa shape index (κ2) is 10.8. The molecule has 0 aliphatic rings. The van der Waals surface area contributed by atoms with Gasteiger partial charge in [-0.05, 0) is 79.2 Å². The van der Waals surface area contributed by atoms with E-state index in [1.807, 2.05) is 0 Å². The van der Waals surface area contributed by atoms with Crippen LogP contribution in [0.2, 0.25) is 5.02 Å². The van der Waals surface area contributed by atoms with Gasteiger partial charge in [-0.15, -0.1) is 0 Å². The average Bonchev–Trinajstić information content (AvgIpc) is 2.79. The van der Waals surface area contributed by atoms with Crippen molar-refractivity contribution in [3.63, 3.8) is 0 Å². The standard InChI is InChI=1S/C23H16BrClFN3O4/c1-13(28-29-22(31)21(30)27-20-11-6-16(24)12-19(20)26)14-4-9-18(10-5-14)33-23(32)15-2-7-17(25)8-3-15/h2-12H,1H3,(H,27,30)(H,29,31)/b28-13+. The zero-order valence-electron chi connectivity index (χ0n) is 17.1. The quantitative estimate of drug-likeness (QED) is 0.160. The molecule has 0 unspecified atom stereocenters. The van der Waals surface area contributed by atoms with Crippen molar-refractivity contribution in [2.75, 3.05) is 5.32 Å². The minimum absolute atomic E-state index is 0.136. The minimum Gasteiger partial charge on any atom is -0.423 e. The lowest BCUT2D eigenvalue weighted by Gasteiger charge is -2.07. The molecule has 3 rings (SSSR count). The summed E-state index contributed by atoms with van der Waals surface area (Å²) in [6.45, 7) is 1.61. The fourth-order valence-electron chi connectivity index (χ4n) is 2.54. The number of hydrogen-bond acceptors (Lipinski definition) is 5. The van der Waals surface area contributed by atoms with Crippen LogP contribution >= 0.6 is 27.5 Å². The van der Waals surface area contributed by atoms with Gasteiger partial charge in [-0.1, -0.05) is 27.5 Å². The van der Waals surface area contributed by atoms with Crippen molar-refractivity contribution >= 4 is 56.7 Å². The predicted molar refractivity (Wildman–Crippen MR) is 126 cm³/mol. The van der Waals surface area contributed by atoms with E-state index >= 15 is 0 Å². The van der Waals surface area contributed by atoms with Crippen molar-refractivity contribution < 1.29 is 23.5 Å². The first-order valence-electron chi connectivity index (χ1n) is 9.42. The molecule has 0 aromatic heterocycles. The van der Waals surface area contributed by atoms with E-state index in [9.17, 15) is 18.8 Å². The van der Waals surface area contributed by atoms with Gasteiger partial charge in [0.2, 0.25) is 0 Å². The molecule has 33 heavy (non-hydrogen) atoms. The van der Waals surface area contributed by atoms with Crippen LogP contribution in [-0.2, 0) is 9.59 Å². The van der Waals surface area contributed by atoms with Gasteiger partial charge in [0.15, 0.2) is 0 Å². The van der Waals surface area contributed by atoms with E-state index in [4.69, 9.17) is 16.3 Å². The predicted octanol–water partition coefficient (Wildman–Crippen LogP) is 4.94. The van der Waals surface area contributed by atoms with Crippen LogP contribution < -0.4 is 15.5 Å². The Labute approximate surface area is 201 Å². The summed E-state index contributed by atoms with van der Waals surface area (Å²) < 4.78 is 19.6. The average molecular weight is 533 g/mol. The van der Waals surface area contributed by atoms with Gasteiger partial charge >= 0.3 is 17.8 Å². The minimum atomic E-state index is -1.07. The van der Waals surface area contributed by atoms with Crippen LogP contribution in [0.15, 0.2) is 76.3 Å². The number of carbonyl (C=O) groups is 3. The van der Waals surface area contributed by atoms with Crippen molar-refractivity contribution in [3.05, 3.63) is 93.2 Å². The van der Waals surface area contributed by atoms with Crippen LogP contribution in [0, 0.1) is 5.82 Å². The molecule has 0 bridgehead atoms. The zero-order chi connectivity index (χ0) is 24.0. The molecule has 2 N–H and O–H groups in total. The molecule has 2 amide bonds. The largest absolute Gasteiger partial charge is 0.423 e. The van der Waals surface area contributed by atoms with E-state index in [-0.39, 0.29) is 5.69 Å².